The van der Waals surface area contributed by atoms with Crippen LogP contribution in [0.5, 0.6) is 0 Å². The molecule has 0 aromatic carbocycles. The summed E-state index contributed by atoms with van der Waals surface area (Å²) in [4.78, 5) is 11.6. The van der Waals surface area contributed by atoms with Crippen molar-refractivity contribution in [3.05, 3.63) is 11.6 Å². The molecular weight excluding hydrogens is 200 g/mol. The highest BCUT2D eigenvalue weighted by molar-refractivity contribution is 5.69. The van der Waals surface area contributed by atoms with E-state index in [0.29, 0.717) is 6.42 Å². The van der Waals surface area contributed by atoms with Gasteiger partial charge < -0.3 is 4.74 Å². The summed E-state index contributed by atoms with van der Waals surface area (Å²) in [5.74, 6) is -0.0328. The Hall–Kier alpha value is -0.790. The number of hydrogen-bond donors (Lipinski definition) is 0. The van der Waals surface area contributed by atoms with Crippen LogP contribution in [-0.4, -0.2) is 12.1 Å². The molecule has 2 nitrogen and oxygen atoms in total. The molecule has 0 aromatic rings. The van der Waals surface area contributed by atoms with Crippen molar-refractivity contribution < 1.29 is 9.53 Å². The topological polar surface area (TPSA) is 26.3 Å². The summed E-state index contributed by atoms with van der Waals surface area (Å²) in [7, 11) is 0. The largest absolute Gasteiger partial charge is 0.461 e. The monoisotopic (exact) mass is 224 g/mol. The maximum atomic E-state index is 11.6. The molecule has 0 amide bonds. The smallest absolute Gasteiger partial charge is 0.306 e. The summed E-state index contributed by atoms with van der Waals surface area (Å²) in [6, 6.07) is 0. The predicted molar refractivity (Wildman–Crippen MR) is 66.2 cm³/mol. The summed E-state index contributed by atoms with van der Waals surface area (Å²) >= 11 is 0. The number of carbonyl (C=O) groups is 1. The summed E-state index contributed by atoms with van der Waals surface area (Å²) in [5.41, 5.74) is 1.36. The molecule has 1 aliphatic rings. The van der Waals surface area contributed by atoms with Crippen LogP contribution in [0.15, 0.2) is 11.6 Å². The molecule has 0 N–H and O–H groups in total. The van der Waals surface area contributed by atoms with E-state index < -0.39 is 0 Å². The van der Waals surface area contributed by atoms with Crippen molar-refractivity contribution in [3.63, 3.8) is 0 Å². The number of esters is 1. The fourth-order valence-electron chi connectivity index (χ4n) is 1.88. The highest BCUT2D eigenvalue weighted by Crippen LogP contribution is 2.29. The van der Waals surface area contributed by atoms with Crippen LogP contribution in [0.3, 0.4) is 0 Å². The molecule has 1 unspecified atom stereocenters. The average molecular weight is 224 g/mol. The van der Waals surface area contributed by atoms with Gasteiger partial charge in [-0.15, -0.1) is 0 Å². The number of hydrogen-bond acceptors (Lipinski definition) is 2. The predicted octanol–water partition coefficient (Wildman–Crippen LogP) is 3.85. The molecule has 0 spiro atoms. The molecule has 16 heavy (non-hydrogen) atoms. The molecule has 0 bridgehead atoms. The lowest BCUT2D eigenvalue weighted by molar-refractivity contribution is -0.154. The maximum absolute atomic E-state index is 11.6. The lowest BCUT2D eigenvalue weighted by Gasteiger charge is -2.31. The number of cyclic esters (lactones) is 1. The highest BCUT2D eigenvalue weighted by atomic mass is 16.5. The third-order valence-corrected chi connectivity index (χ3v) is 3.07. The Labute approximate surface area is 99.1 Å². The lowest BCUT2D eigenvalue weighted by atomic mass is 9.85. The Bertz CT molecular complexity index is 271. The molecule has 0 radical (unpaired) electrons. The van der Waals surface area contributed by atoms with E-state index >= 15 is 0 Å². The van der Waals surface area contributed by atoms with Crippen LogP contribution >= 0.6 is 0 Å². The van der Waals surface area contributed by atoms with E-state index in [0.717, 1.165) is 25.7 Å². The number of carbonyl (C=O) groups excluding carboxylic acids is 1. The summed E-state index contributed by atoms with van der Waals surface area (Å²) in [5, 5.41) is 0. The first-order valence-electron chi connectivity index (χ1n) is 6.24. The van der Waals surface area contributed by atoms with E-state index in [9.17, 15) is 4.79 Å². The van der Waals surface area contributed by atoms with E-state index in [1.807, 2.05) is 0 Å². The number of ether oxygens (including phenoxy) is 1. The van der Waals surface area contributed by atoms with Crippen LogP contribution in [0.1, 0.15) is 59.8 Å². The van der Waals surface area contributed by atoms with Gasteiger partial charge in [0.05, 0.1) is 0 Å². The van der Waals surface area contributed by atoms with Gasteiger partial charge in [0.1, 0.15) is 6.10 Å². The minimum absolute atomic E-state index is 0.00866. The van der Waals surface area contributed by atoms with E-state index in [2.05, 4.69) is 33.8 Å². The standard InChI is InChI=1S/C14H24O2/c1-11-8-6-5-7-9-13(15)16-12(10-11)14(2,3)4/h8,12H,5-7,9-10H2,1-4H3/b11-8-. The van der Waals surface area contributed by atoms with E-state index in [4.69, 9.17) is 4.74 Å². The Morgan fingerprint density at radius 1 is 1.31 bits per heavy atom. The van der Waals surface area contributed by atoms with Crippen molar-refractivity contribution >= 4 is 5.97 Å². The minimum atomic E-state index is -0.0328. The first-order chi connectivity index (χ1) is 7.39. The van der Waals surface area contributed by atoms with Crippen LogP contribution in [0.2, 0.25) is 0 Å². The van der Waals surface area contributed by atoms with Crippen LogP contribution in [0, 0.1) is 5.41 Å². The lowest BCUT2D eigenvalue weighted by Crippen LogP contribution is -2.32. The van der Waals surface area contributed by atoms with E-state index in [-0.39, 0.29) is 17.5 Å². The molecule has 1 atom stereocenters. The van der Waals surface area contributed by atoms with Gasteiger partial charge in [-0.1, -0.05) is 32.4 Å². The molecule has 1 rings (SSSR count). The Kier molecular flexibility index (Phi) is 4.57. The minimum Gasteiger partial charge on any atom is -0.461 e. The Morgan fingerprint density at radius 2 is 2.00 bits per heavy atom. The van der Waals surface area contributed by atoms with Crippen molar-refractivity contribution in [1.29, 1.82) is 0 Å². The van der Waals surface area contributed by atoms with Crippen LogP contribution < -0.4 is 0 Å². The van der Waals surface area contributed by atoms with Gasteiger partial charge >= 0.3 is 5.97 Å². The van der Waals surface area contributed by atoms with Crippen LogP contribution in [0.25, 0.3) is 0 Å². The van der Waals surface area contributed by atoms with Crippen molar-refractivity contribution in [2.45, 2.75) is 65.9 Å². The van der Waals surface area contributed by atoms with Gasteiger partial charge in [-0.25, -0.2) is 0 Å². The second kappa shape index (κ2) is 5.51. The van der Waals surface area contributed by atoms with Gasteiger partial charge in [-0.3, -0.25) is 4.79 Å². The SMILES string of the molecule is C/C1=C/CCCCC(=O)OC(C(C)(C)C)C1. The molecule has 1 aliphatic heterocycles. The van der Waals surface area contributed by atoms with E-state index in [1.165, 1.54) is 5.57 Å². The van der Waals surface area contributed by atoms with Gasteiger partial charge in [-0.05, 0) is 31.6 Å². The molecule has 0 saturated carbocycles. The summed E-state index contributed by atoms with van der Waals surface area (Å²) < 4.78 is 5.58. The highest BCUT2D eigenvalue weighted by Gasteiger charge is 2.28. The van der Waals surface area contributed by atoms with Crippen molar-refractivity contribution in [1.82, 2.24) is 0 Å². The molecule has 0 saturated heterocycles. The van der Waals surface area contributed by atoms with Gasteiger partial charge in [-0.2, -0.15) is 0 Å². The zero-order valence-electron chi connectivity index (χ0n) is 11.0. The van der Waals surface area contributed by atoms with Crippen molar-refractivity contribution in [2.24, 2.45) is 5.41 Å². The third-order valence-electron chi connectivity index (χ3n) is 3.07. The average Bonchev–Trinajstić information content (AvgIpc) is 2.14. The van der Waals surface area contributed by atoms with E-state index in [1.54, 1.807) is 0 Å². The molecule has 1 heterocycles. The molecule has 0 fully saturated rings. The normalized spacial score (nSPS) is 27.9. The molecule has 0 aliphatic carbocycles. The molecule has 0 aromatic heterocycles. The van der Waals surface area contributed by atoms with Gasteiger partial charge in [0.2, 0.25) is 0 Å². The summed E-state index contributed by atoms with van der Waals surface area (Å²) in [6.07, 6.45) is 6.86. The molecule has 2 heteroatoms. The van der Waals surface area contributed by atoms with Crippen molar-refractivity contribution in [2.75, 3.05) is 0 Å². The van der Waals surface area contributed by atoms with Crippen molar-refractivity contribution in [3.8, 4) is 0 Å². The zero-order valence-corrected chi connectivity index (χ0v) is 11.0. The van der Waals surface area contributed by atoms with Crippen LogP contribution in [-0.2, 0) is 9.53 Å². The number of allylic oxidation sites excluding steroid dienone is 1. The number of rotatable bonds is 0. The second-order valence-corrected chi connectivity index (χ2v) is 5.84. The summed E-state index contributed by atoms with van der Waals surface area (Å²) in [6.45, 7) is 8.52. The quantitative estimate of drug-likeness (QED) is 0.461. The van der Waals surface area contributed by atoms with Gasteiger partial charge in [0.15, 0.2) is 0 Å². The maximum Gasteiger partial charge on any atom is 0.306 e. The van der Waals surface area contributed by atoms with Gasteiger partial charge in [0, 0.05) is 12.8 Å². The van der Waals surface area contributed by atoms with Crippen LogP contribution in [0.4, 0.5) is 0 Å². The fraction of sp³-hybridized carbons (Fsp3) is 0.786. The molecular formula is C14H24O2. The third kappa shape index (κ3) is 4.38. The second-order valence-electron chi connectivity index (χ2n) is 5.84. The fourth-order valence-corrected chi connectivity index (χ4v) is 1.88. The first kappa shape index (κ1) is 13.3. The molecule has 92 valence electrons. The Morgan fingerprint density at radius 3 is 2.62 bits per heavy atom. The Balaban J connectivity index is 2.77. The zero-order chi connectivity index (χ0) is 12.2. The first-order valence-corrected chi connectivity index (χ1v) is 6.24. The van der Waals surface area contributed by atoms with Gasteiger partial charge in [0.25, 0.3) is 0 Å².